The van der Waals surface area contributed by atoms with Crippen molar-refractivity contribution in [2.24, 2.45) is 5.73 Å². The molecule has 1 aromatic heterocycles. The lowest BCUT2D eigenvalue weighted by molar-refractivity contribution is 0.0702. The summed E-state index contributed by atoms with van der Waals surface area (Å²) in [6.45, 7) is 5.83. The van der Waals surface area contributed by atoms with Gasteiger partial charge >= 0.3 is 5.97 Å². The van der Waals surface area contributed by atoms with Crippen LogP contribution in [-0.2, 0) is 0 Å². The molecule has 38 heavy (non-hydrogen) atoms. The van der Waals surface area contributed by atoms with Crippen LogP contribution in [0.15, 0.2) is 64.4 Å². The van der Waals surface area contributed by atoms with E-state index in [4.69, 9.17) is 29.1 Å². The van der Waals surface area contributed by atoms with Gasteiger partial charge in [0.2, 0.25) is 11.6 Å². The van der Waals surface area contributed by atoms with E-state index in [1.54, 1.807) is 44.6 Å². The van der Waals surface area contributed by atoms with Gasteiger partial charge < -0.3 is 29.1 Å². The summed E-state index contributed by atoms with van der Waals surface area (Å²) in [4.78, 5) is 13.1. The third-order valence-electron chi connectivity index (χ3n) is 6.88. The predicted molar refractivity (Wildman–Crippen MR) is 141 cm³/mol. The van der Waals surface area contributed by atoms with Crippen molar-refractivity contribution in [3.8, 4) is 29.1 Å². The second kappa shape index (κ2) is 9.52. The number of nitrogens with two attached hydrogens (primary N) is 1. The smallest absolute Gasteiger partial charge is 0.379 e. The van der Waals surface area contributed by atoms with Gasteiger partial charge in [0.1, 0.15) is 28.7 Å². The predicted octanol–water partition coefficient (Wildman–Crippen LogP) is 5.81. The number of allylic oxidation sites excluding steroid dienone is 1. The van der Waals surface area contributed by atoms with Crippen molar-refractivity contribution in [1.82, 2.24) is 0 Å². The number of hydrogen-bond acceptors (Lipinski definition) is 8. The van der Waals surface area contributed by atoms with Crippen LogP contribution in [0, 0.1) is 32.1 Å². The highest BCUT2D eigenvalue weighted by Gasteiger charge is 2.32. The Labute approximate surface area is 219 Å². The average molecular weight is 511 g/mol. The van der Waals surface area contributed by atoms with E-state index in [1.807, 2.05) is 39.0 Å². The number of aryl methyl sites for hydroxylation is 3. The van der Waals surface area contributed by atoms with Crippen LogP contribution in [0.25, 0.3) is 11.0 Å². The fourth-order valence-corrected chi connectivity index (χ4v) is 4.70. The Balaban J connectivity index is 1.50. The molecular weight excluding hydrogens is 484 g/mol. The number of nitrogens with zero attached hydrogens (tertiary/aromatic N) is 1. The van der Waals surface area contributed by atoms with Gasteiger partial charge in [-0.2, -0.15) is 5.26 Å². The molecule has 1 aliphatic heterocycles. The minimum absolute atomic E-state index is 0.0258. The SMILES string of the molecule is COc1ccc(C2C(C#N)=C(N)Oc3cc(OC(=O)c4oc5cc(C)c(C)cc5c4C)ccc32)cc1OC. The van der Waals surface area contributed by atoms with Crippen LogP contribution < -0.4 is 24.7 Å². The summed E-state index contributed by atoms with van der Waals surface area (Å²) in [5.74, 6) is 0.679. The molecule has 192 valence electrons. The molecule has 0 radical (unpaired) electrons. The molecule has 2 heterocycles. The number of carbonyl (C=O) groups is 1. The van der Waals surface area contributed by atoms with Gasteiger partial charge in [0, 0.05) is 22.6 Å². The summed E-state index contributed by atoms with van der Waals surface area (Å²) in [7, 11) is 3.10. The van der Waals surface area contributed by atoms with E-state index in [0.29, 0.717) is 34.0 Å². The zero-order chi connectivity index (χ0) is 27.1. The number of fused-ring (bicyclic) bond motifs is 2. The van der Waals surface area contributed by atoms with Crippen LogP contribution in [-0.4, -0.2) is 20.2 Å². The van der Waals surface area contributed by atoms with Crippen LogP contribution >= 0.6 is 0 Å². The number of esters is 1. The van der Waals surface area contributed by atoms with Gasteiger partial charge in [-0.3, -0.25) is 0 Å². The maximum absolute atomic E-state index is 13.1. The number of benzene rings is 3. The first-order valence-corrected chi connectivity index (χ1v) is 11.9. The lowest BCUT2D eigenvalue weighted by Crippen LogP contribution is -2.21. The molecule has 0 amide bonds. The number of carbonyl (C=O) groups excluding carboxylic acids is 1. The number of rotatable bonds is 5. The van der Waals surface area contributed by atoms with E-state index in [2.05, 4.69) is 6.07 Å². The molecule has 3 aromatic carbocycles. The molecule has 1 unspecified atom stereocenters. The van der Waals surface area contributed by atoms with Crippen molar-refractivity contribution in [2.75, 3.05) is 14.2 Å². The summed E-state index contributed by atoms with van der Waals surface area (Å²) >= 11 is 0. The van der Waals surface area contributed by atoms with Crippen molar-refractivity contribution < 1.29 is 28.2 Å². The van der Waals surface area contributed by atoms with Gasteiger partial charge in [0.25, 0.3) is 0 Å². The van der Waals surface area contributed by atoms with Crippen molar-refractivity contribution in [3.63, 3.8) is 0 Å². The van der Waals surface area contributed by atoms with Gasteiger partial charge in [-0.25, -0.2) is 4.79 Å². The maximum Gasteiger partial charge on any atom is 0.379 e. The maximum atomic E-state index is 13.1. The number of nitriles is 1. The van der Waals surface area contributed by atoms with Crippen molar-refractivity contribution in [2.45, 2.75) is 26.7 Å². The van der Waals surface area contributed by atoms with Crippen LogP contribution in [0.3, 0.4) is 0 Å². The Kier molecular flexibility index (Phi) is 6.21. The number of furan rings is 1. The third kappa shape index (κ3) is 4.08. The Hall–Kier alpha value is -4.90. The van der Waals surface area contributed by atoms with Crippen LogP contribution in [0.1, 0.15) is 44.3 Å². The van der Waals surface area contributed by atoms with E-state index < -0.39 is 11.9 Å². The molecule has 1 aliphatic rings. The number of hydrogen-bond donors (Lipinski definition) is 1. The van der Waals surface area contributed by atoms with E-state index in [9.17, 15) is 10.1 Å². The molecule has 0 saturated carbocycles. The second-order valence-electron chi connectivity index (χ2n) is 9.12. The standard InChI is InChI=1S/C30H26N2O6/c1-15-10-21-17(3)28(37-24(21)11-16(15)2)30(33)36-19-7-8-20-25(13-19)38-29(32)22(14-31)27(20)18-6-9-23(34-4)26(12-18)35-5/h6-13,27H,32H2,1-5H3. The first-order chi connectivity index (χ1) is 18.2. The first-order valence-electron chi connectivity index (χ1n) is 11.9. The van der Waals surface area contributed by atoms with E-state index >= 15 is 0 Å². The molecule has 4 aromatic rings. The van der Waals surface area contributed by atoms with Crippen molar-refractivity contribution in [1.29, 1.82) is 5.26 Å². The molecule has 8 nitrogen and oxygen atoms in total. The van der Waals surface area contributed by atoms with E-state index in [0.717, 1.165) is 22.1 Å². The minimum Gasteiger partial charge on any atom is -0.493 e. The highest BCUT2D eigenvalue weighted by Crippen LogP contribution is 2.45. The fourth-order valence-electron chi connectivity index (χ4n) is 4.70. The topological polar surface area (TPSA) is 117 Å². The van der Waals surface area contributed by atoms with Crippen molar-refractivity contribution >= 4 is 16.9 Å². The zero-order valence-electron chi connectivity index (χ0n) is 21.7. The lowest BCUT2D eigenvalue weighted by atomic mass is 9.83. The lowest BCUT2D eigenvalue weighted by Gasteiger charge is -2.27. The summed E-state index contributed by atoms with van der Waals surface area (Å²) in [5.41, 5.74) is 11.4. The van der Waals surface area contributed by atoms with Gasteiger partial charge in [0.05, 0.1) is 20.1 Å². The second-order valence-corrected chi connectivity index (χ2v) is 9.12. The van der Waals surface area contributed by atoms with Gasteiger partial charge in [-0.1, -0.05) is 12.1 Å². The van der Waals surface area contributed by atoms with Crippen molar-refractivity contribution in [3.05, 3.63) is 93.6 Å². The molecule has 0 aliphatic carbocycles. The highest BCUT2D eigenvalue weighted by atomic mass is 16.5. The molecule has 0 saturated heterocycles. The van der Waals surface area contributed by atoms with Crippen LogP contribution in [0.4, 0.5) is 0 Å². The van der Waals surface area contributed by atoms with Crippen LogP contribution in [0.5, 0.6) is 23.0 Å². The van der Waals surface area contributed by atoms with E-state index in [1.165, 1.54) is 0 Å². The van der Waals surface area contributed by atoms with Gasteiger partial charge in [0.15, 0.2) is 11.5 Å². The summed E-state index contributed by atoms with van der Waals surface area (Å²) in [6.07, 6.45) is 0. The Bertz CT molecular complexity index is 1670. The van der Waals surface area contributed by atoms with E-state index in [-0.39, 0.29) is 23.0 Å². The Morgan fingerprint density at radius 2 is 1.71 bits per heavy atom. The quantitative estimate of drug-likeness (QED) is 0.264. The minimum atomic E-state index is -0.623. The normalized spacial score (nSPS) is 14.5. The number of ether oxygens (including phenoxy) is 4. The molecule has 0 spiro atoms. The van der Waals surface area contributed by atoms with Gasteiger partial charge in [-0.15, -0.1) is 0 Å². The average Bonchev–Trinajstić information content (AvgIpc) is 3.22. The molecule has 0 bridgehead atoms. The Morgan fingerprint density at radius 1 is 0.974 bits per heavy atom. The first kappa shape index (κ1) is 24.8. The molecule has 8 heteroatoms. The molecular formula is C30H26N2O6. The molecule has 5 rings (SSSR count). The summed E-state index contributed by atoms with van der Waals surface area (Å²) in [5, 5.41) is 10.7. The van der Waals surface area contributed by atoms with Crippen LogP contribution in [0.2, 0.25) is 0 Å². The molecule has 1 atom stereocenters. The third-order valence-corrected chi connectivity index (χ3v) is 6.88. The Morgan fingerprint density at radius 3 is 2.42 bits per heavy atom. The molecule has 2 N–H and O–H groups in total. The largest absolute Gasteiger partial charge is 0.493 e. The zero-order valence-corrected chi connectivity index (χ0v) is 21.7. The highest BCUT2D eigenvalue weighted by molar-refractivity contribution is 5.97. The molecule has 0 fully saturated rings. The fraction of sp³-hybridized carbons (Fsp3) is 0.200. The summed E-state index contributed by atoms with van der Waals surface area (Å²) < 4.78 is 28.1. The monoisotopic (exact) mass is 510 g/mol. The summed E-state index contributed by atoms with van der Waals surface area (Å²) in [6, 6.07) is 16.5. The number of methoxy groups -OCH3 is 2. The van der Waals surface area contributed by atoms with Gasteiger partial charge in [-0.05, 0) is 67.8 Å².